The number of nitrogens with zero attached hydrogens (tertiary/aromatic N) is 1. The van der Waals surface area contributed by atoms with E-state index in [-0.39, 0.29) is 25.0 Å². The van der Waals surface area contributed by atoms with E-state index in [0.29, 0.717) is 11.4 Å². The smallest absolute Gasteiger partial charge is 0.259 e. The Kier molecular flexibility index (Phi) is 5.13. The second kappa shape index (κ2) is 6.61. The summed E-state index contributed by atoms with van der Waals surface area (Å²) in [5, 5.41) is 2.61. The van der Waals surface area contributed by atoms with Gasteiger partial charge < -0.3 is 20.7 Å². The molecule has 3 N–H and O–H groups in total. The van der Waals surface area contributed by atoms with Crippen molar-refractivity contribution in [2.45, 2.75) is 0 Å². The number of likely N-dealkylation sites (N-methyl/N-ethyl adjacent to an activating group) is 1. The molecule has 0 unspecified atom stereocenters. The fourth-order valence-electron chi connectivity index (χ4n) is 1.12. The molecule has 1 aromatic rings. The number of benzene rings is 1. The van der Waals surface area contributed by atoms with Gasteiger partial charge in [0, 0.05) is 19.8 Å². The van der Waals surface area contributed by atoms with Gasteiger partial charge in [0.05, 0.1) is 6.54 Å². The topological polar surface area (TPSA) is 84.7 Å². The van der Waals surface area contributed by atoms with E-state index in [1.807, 2.05) is 0 Å². The maximum absolute atomic E-state index is 11.3. The third-order valence-corrected chi connectivity index (χ3v) is 2.18. The number of nitrogens with one attached hydrogen (secondary N) is 1. The molecule has 1 aromatic carbocycles. The summed E-state index contributed by atoms with van der Waals surface area (Å²) in [6.07, 6.45) is 0. The zero-order chi connectivity index (χ0) is 13.5. The quantitative estimate of drug-likeness (QED) is 0.774. The average Bonchev–Trinajstić information content (AvgIpc) is 2.37. The van der Waals surface area contributed by atoms with E-state index in [1.165, 1.54) is 4.90 Å². The van der Waals surface area contributed by atoms with Crippen LogP contribution in [0.2, 0.25) is 0 Å². The minimum atomic E-state index is -0.258. The summed E-state index contributed by atoms with van der Waals surface area (Å²) >= 11 is 0. The van der Waals surface area contributed by atoms with Crippen LogP contribution in [0.5, 0.6) is 5.75 Å². The van der Waals surface area contributed by atoms with Gasteiger partial charge in [0.1, 0.15) is 5.75 Å². The van der Waals surface area contributed by atoms with Gasteiger partial charge in [-0.05, 0) is 24.3 Å². The van der Waals surface area contributed by atoms with Crippen LogP contribution in [0.3, 0.4) is 0 Å². The number of nitrogens with two attached hydrogens (primary N) is 1. The second-order valence-corrected chi connectivity index (χ2v) is 3.85. The van der Waals surface area contributed by atoms with Crippen LogP contribution in [-0.2, 0) is 9.59 Å². The Morgan fingerprint density at radius 3 is 2.39 bits per heavy atom. The van der Waals surface area contributed by atoms with E-state index in [4.69, 9.17) is 10.5 Å². The molecule has 0 aliphatic carbocycles. The number of ether oxygens (including phenoxy) is 1. The molecular weight excluding hydrogens is 234 g/mol. The summed E-state index contributed by atoms with van der Waals surface area (Å²) in [6, 6.07) is 6.72. The maximum Gasteiger partial charge on any atom is 0.259 e. The Hall–Kier alpha value is -2.08. The SMILES string of the molecule is CN(C)C(=O)COc1ccc(NC(=O)CN)cc1. The van der Waals surface area contributed by atoms with Crippen molar-refractivity contribution in [3.63, 3.8) is 0 Å². The van der Waals surface area contributed by atoms with Crippen LogP contribution >= 0.6 is 0 Å². The molecule has 0 saturated heterocycles. The van der Waals surface area contributed by atoms with E-state index in [1.54, 1.807) is 38.4 Å². The fraction of sp³-hybridized carbons (Fsp3) is 0.333. The molecule has 18 heavy (non-hydrogen) atoms. The van der Waals surface area contributed by atoms with Gasteiger partial charge in [-0.1, -0.05) is 0 Å². The van der Waals surface area contributed by atoms with Gasteiger partial charge >= 0.3 is 0 Å². The number of hydrogen-bond donors (Lipinski definition) is 2. The van der Waals surface area contributed by atoms with Gasteiger partial charge in [0.2, 0.25) is 5.91 Å². The summed E-state index contributed by atoms with van der Waals surface area (Å²) in [7, 11) is 3.33. The Morgan fingerprint density at radius 1 is 1.28 bits per heavy atom. The van der Waals surface area contributed by atoms with Crippen molar-refractivity contribution in [3.05, 3.63) is 24.3 Å². The molecule has 0 saturated carbocycles. The minimum absolute atomic E-state index is 0.0124. The molecule has 6 heteroatoms. The molecule has 6 nitrogen and oxygen atoms in total. The fourth-order valence-corrected chi connectivity index (χ4v) is 1.12. The maximum atomic E-state index is 11.3. The summed E-state index contributed by atoms with van der Waals surface area (Å²) in [5.74, 6) is 0.193. The van der Waals surface area contributed by atoms with Crippen LogP contribution in [0.4, 0.5) is 5.69 Å². The number of carbonyl (C=O) groups excluding carboxylic acids is 2. The molecule has 0 bridgehead atoms. The average molecular weight is 251 g/mol. The zero-order valence-electron chi connectivity index (χ0n) is 10.5. The highest BCUT2D eigenvalue weighted by Gasteiger charge is 2.05. The third kappa shape index (κ3) is 4.42. The molecule has 0 atom stereocenters. The summed E-state index contributed by atoms with van der Waals surface area (Å²) in [4.78, 5) is 23.8. The second-order valence-electron chi connectivity index (χ2n) is 3.85. The van der Waals surface area contributed by atoms with E-state index in [2.05, 4.69) is 5.32 Å². The summed E-state index contributed by atoms with van der Waals surface area (Å²) < 4.78 is 5.29. The standard InChI is InChI=1S/C12H17N3O3/c1-15(2)12(17)8-18-10-5-3-9(4-6-10)14-11(16)7-13/h3-6H,7-8,13H2,1-2H3,(H,14,16). The van der Waals surface area contributed by atoms with E-state index < -0.39 is 0 Å². The number of carbonyl (C=O) groups is 2. The highest BCUT2D eigenvalue weighted by atomic mass is 16.5. The third-order valence-electron chi connectivity index (χ3n) is 2.18. The highest BCUT2D eigenvalue weighted by Crippen LogP contribution is 2.15. The van der Waals surface area contributed by atoms with E-state index >= 15 is 0 Å². The van der Waals surface area contributed by atoms with Gasteiger partial charge in [-0.25, -0.2) is 0 Å². The van der Waals surface area contributed by atoms with Crippen molar-refractivity contribution in [1.82, 2.24) is 4.90 Å². The van der Waals surface area contributed by atoms with Gasteiger partial charge in [-0.15, -0.1) is 0 Å². The Morgan fingerprint density at radius 2 is 1.89 bits per heavy atom. The first-order valence-corrected chi connectivity index (χ1v) is 5.46. The van der Waals surface area contributed by atoms with Crippen molar-refractivity contribution in [2.24, 2.45) is 5.73 Å². The highest BCUT2D eigenvalue weighted by molar-refractivity contribution is 5.92. The summed E-state index contributed by atoms with van der Waals surface area (Å²) in [5.41, 5.74) is 5.82. The van der Waals surface area contributed by atoms with Crippen LogP contribution in [0.15, 0.2) is 24.3 Å². The first-order valence-electron chi connectivity index (χ1n) is 5.46. The largest absolute Gasteiger partial charge is 0.484 e. The van der Waals surface area contributed by atoms with Gasteiger partial charge in [-0.3, -0.25) is 9.59 Å². The molecule has 1 rings (SSSR count). The van der Waals surface area contributed by atoms with Gasteiger partial charge in [0.25, 0.3) is 5.91 Å². The molecule has 0 aliphatic rings. The monoisotopic (exact) mass is 251 g/mol. The normalized spacial score (nSPS) is 9.72. The van der Waals surface area contributed by atoms with Crippen LogP contribution in [0, 0.1) is 0 Å². The van der Waals surface area contributed by atoms with Crippen LogP contribution < -0.4 is 15.8 Å². The Balaban J connectivity index is 2.50. The molecular formula is C12H17N3O3. The lowest BCUT2D eigenvalue weighted by molar-refractivity contribution is -0.130. The number of hydrogen-bond acceptors (Lipinski definition) is 4. The van der Waals surface area contributed by atoms with Crippen molar-refractivity contribution in [3.8, 4) is 5.75 Å². The molecule has 2 amide bonds. The first-order chi connectivity index (χ1) is 8.52. The Labute approximate surface area is 106 Å². The van der Waals surface area contributed by atoms with Crippen molar-refractivity contribution in [2.75, 3.05) is 32.6 Å². The molecule has 0 radical (unpaired) electrons. The van der Waals surface area contributed by atoms with Gasteiger partial charge in [0.15, 0.2) is 6.61 Å². The molecule has 0 aliphatic heterocycles. The molecule has 98 valence electrons. The number of anilines is 1. The predicted octanol–water partition coefficient (Wildman–Crippen LogP) is 0.0508. The predicted molar refractivity (Wildman–Crippen MR) is 68.3 cm³/mol. The lowest BCUT2D eigenvalue weighted by Crippen LogP contribution is -2.27. The lowest BCUT2D eigenvalue weighted by Gasteiger charge is -2.11. The molecule has 0 aromatic heterocycles. The number of amides is 2. The molecule has 0 fully saturated rings. The number of rotatable bonds is 5. The van der Waals surface area contributed by atoms with Crippen molar-refractivity contribution >= 4 is 17.5 Å². The van der Waals surface area contributed by atoms with Crippen LogP contribution in [0.25, 0.3) is 0 Å². The zero-order valence-corrected chi connectivity index (χ0v) is 10.5. The first kappa shape index (κ1) is 14.0. The molecule has 0 heterocycles. The van der Waals surface area contributed by atoms with Crippen molar-refractivity contribution < 1.29 is 14.3 Å². The molecule has 0 spiro atoms. The van der Waals surface area contributed by atoms with Crippen LogP contribution in [-0.4, -0.2) is 44.0 Å². The van der Waals surface area contributed by atoms with E-state index in [0.717, 1.165) is 0 Å². The summed E-state index contributed by atoms with van der Waals surface area (Å²) in [6.45, 7) is -0.0723. The Bertz CT molecular complexity index is 415. The van der Waals surface area contributed by atoms with E-state index in [9.17, 15) is 9.59 Å². The minimum Gasteiger partial charge on any atom is -0.484 e. The van der Waals surface area contributed by atoms with Crippen LogP contribution in [0.1, 0.15) is 0 Å². The lowest BCUT2D eigenvalue weighted by atomic mass is 10.3. The van der Waals surface area contributed by atoms with Crippen molar-refractivity contribution in [1.29, 1.82) is 0 Å². The van der Waals surface area contributed by atoms with Gasteiger partial charge in [-0.2, -0.15) is 0 Å².